The third kappa shape index (κ3) is 302. The van der Waals surface area contributed by atoms with E-state index in [1.54, 1.807) is 0 Å². The molecule has 0 saturated heterocycles. The molecule has 0 bridgehead atoms. The van der Waals surface area contributed by atoms with E-state index < -0.39 is 10.4 Å². The van der Waals surface area contributed by atoms with Gasteiger partial charge in [0.05, 0.1) is 0 Å². The van der Waals surface area contributed by atoms with Crippen molar-refractivity contribution in [3.05, 3.63) is 0 Å². The van der Waals surface area contributed by atoms with Crippen molar-refractivity contribution in [3.63, 3.8) is 0 Å². The first kappa shape index (κ1) is 15.6. The van der Waals surface area contributed by atoms with Crippen molar-refractivity contribution in [2.75, 3.05) is 0 Å². The molecule has 0 aliphatic heterocycles. The standard InChI is InChI=1S/In.H3N.H2O4S.3H/c;;1-5(2,3)4;;;/h;1H3;(H2,1,2,3,4);;;. The number of rotatable bonds is 0. The molecule has 0 unspecified atom stereocenters. The second-order valence-corrected chi connectivity index (χ2v) is 1.34. The monoisotopic (exact) mass is 233 g/mol. The van der Waals surface area contributed by atoms with Gasteiger partial charge in [0.25, 0.3) is 0 Å². The van der Waals surface area contributed by atoms with Gasteiger partial charge in [-0.25, -0.2) is 0 Å². The second-order valence-electron chi connectivity index (χ2n) is 0.448. The molecule has 46 valence electrons. The quantitative estimate of drug-likeness (QED) is 0.433. The maximum absolute atomic E-state index is 8.74. The van der Waals surface area contributed by atoms with Gasteiger partial charge in [0.2, 0.25) is 0 Å². The van der Waals surface area contributed by atoms with Crippen LogP contribution in [0.2, 0.25) is 0 Å². The van der Waals surface area contributed by atoms with Gasteiger partial charge in [-0.05, 0) is 0 Å². The number of hydrogen-bond donors (Lipinski definition) is 3. The molecule has 0 atom stereocenters. The van der Waals surface area contributed by atoms with Gasteiger partial charge < -0.3 is 6.15 Å². The molecule has 5 N–H and O–H groups in total. The molecular weight excluding hydrogens is 225 g/mol. The molecule has 0 spiro atoms. The molecule has 7 heavy (non-hydrogen) atoms. The Labute approximate surface area is 60.1 Å². The predicted octanol–water partition coefficient (Wildman–Crippen LogP) is -1.67. The van der Waals surface area contributed by atoms with E-state index in [2.05, 4.69) is 0 Å². The molecule has 0 aromatic heterocycles. The Morgan fingerprint density at radius 3 is 1.14 bits per heavy atom. The van der Waals surface area contributed by atoms with Crippen LogP contribution >= 0.6 is 0 Å². The van der Waals surface area contributed by atoms with Crippen molar-refractivity contribution >= 4 is 36.2 Å². The van der Waals surface area contributed by atoms with Crippen LogP contribution in [0.1, 0.15) is 0 Å². The normalized spacial score (nSPS) is 8.29. The molecule has 0 saturated carbocycles. The fraction of sp³-hybridized carbons (Fsp3) is 0. The molecule has 7 heteroatoms. The minimum atomic E-state index is -4.67. The molecule has 0 aliphatic rings. The summed E-state index contributed by atoms with van der Waals surface area (Å²) in [6.45, 7) is 0. The molecular formula is H8InNO4S. The van der Waals surface area contributed by atoms with Crippen LogP contribution in [0.5, 0.6) is 0 Å². The molecule has 0 fully saturated rings. The molecule has 0 amide bonds. The van der Waals surface area contributed by atoms with Crippen LogP contribution in [-0.4, -0.2) is 43.4 Å². The average Bonchev–Trinajstić information content (AvgIpc) is 0.722. The van der Waals surface area contributed by atoms with Gasteiger partial charge in [-0.2, -0.15) is 8.42 Å². The van der Waals surface area contributed by atoms with Crippen LogP contribution < -0.4 is 6.15 Å². The van der Waals surface area contributed by atoms with Crippen molar-refractivity contribution in [3.8, 4) is 0 Å². The third-order valence-electron chi connectivity index (χ3n) is 0. The van der Waals surface area contributed by atoms with Crippen LogP contribution in [0.3, 0.4) is 0 Å². The van der Waals surface area contributed by atoms with Gasteiger partial charge in [0.15, 0.2) is 0 Å². The summed E-state index contributed by atoms with van der Waals surface area (Å²) in [6, 6.07) is 0. The Morgan fingerprint density at radius 2 is 1.14 bits per heavy atom. The van der Waals surface area contributed by atoms with E-state index in [-0.39, 0.29) is 32.0 Å². The Kier molecular flexibility index (Phi) is 10.8. The summed E-state index contributed by atoms with van der Waals surface area (Å²) in [6.07, 6.45) is 0. The van der Waals surface area contributed by atoms with E-state index in [0.717, 1.165) is 0 Å². The van der Waals surface area contributed by atoms with Gasteiger partial charge in [-0.3, -0.25) is 9.11 Å². The topological polar surface area (TPSA) is 110 Å². The fourth-order valence-electron chi connectivity index (χ4n) is 0. The van der Waals surface area contributed by atoms with Crippen LogP contribution in [0.15, 0.2) is 0 Å². The van der Waals surface area contributed by atoms with Crippen molar-refractivity contribution in [1.82, 2.24) is 6.15 Å². The molecule has 0 aliphatic carbocycles. The Balaban J connectivity index is -0.0000000800. The van der Waals surface area contributed by atoms with E-state index >= 15 is 0 Å². The summed E-state index contributed by atoms with van der Waals surface area (Å²) in [5.41, 5.74) is 0. The molecule has 5 nitrogen and oxygen atoms in total. The molecule has 0 radical (unpaired) electrons. The zero-order valence-electron chi connectivity index (χ0n) is 2.83. The Bertz CT molecular complexity index is 94.9. The van der Waals surface area contributed by atoms with E-state index in [9.17, 15) is 0 Å². The molecule has 0 aromatic carbocycles. The first-order valence-corrected chi connectivity index (χ1v) is 2.10. The predicted molar refractivity (Wildman–Crippen MR) is 29.1 cm³/mol. The Morgan fingerprint density at radius 1 is 1.14 bits per heavy atom. The molecule has 0 aromatic rings. The summed E-state index contributed by atoms with van der Waals surface area (Å²) < 4.78 is 31.6. The van der Waals surface area contributed by atoms with Crippen LogP contribution in [0, 0.1) is 0 Å². The molecule has 0 heterocycles. The Hall–Kier alpha value is 0.700. The summed E-state index contributed by atoms with van der Waals surface area (Å²) in [5, 5.41) is 0. The van der Waals surface area contributed by atoms with Crippen LogP contribution in [0.25, 0.3) is 0 Å². The zero-order valence-corrected chi connectivity index (χ0v) is 3.64. The third-order valence-corrected chi connectivity index (χ3v) is 0. The van der Waals surface area contributed by atoms with Crippen molar-refractivity contribution in [1.29, 1.82) is 0 Å². The summed E-state index contributed by atoms with van der Waals surface area (Å²) in [7, 11) is -4.67. The molecule has 0 rings (SSSR count). The van der Waals surface area contributed by atoms with Crippen LogP contribution in [-0.2, 0) is 10.4 Å². The summed E-state index contributed by atoms with van der Waals surface area (Å²) >= 11 is 0. The van der Waals surface area contributed by atoms with E-state index in [0.29, 0.717) is 0 Å². The van der Waals surface area contributed by atoms with Crippen molar-refractivity contribution in [2.45, 2.75) is 0 Å². The fourth-order valence-corrected chi connectivity index (χ4v) is 0. The van der Waals surface area contributed by atoms with Gasteiger partial charge in [0, 0.05) is 0 Å². The first-order valence-electron chi connectivity index (χ1n) is 0.698. The van der Waals surface area contributed by atoms with E-state index in [1.165, 1.54) is 0 Å². The van der Waals surface area contributed by atoms with Gasteiger partial charge in [-0.1, -0.05) is 0 Å². The van der Waals surface area contributed by atoms with E-state index in [4.69, 9.17) is 17.5 Å². The van der Waals surface area contributed by atoms with Crippen LogP contribution in [0.4, 0.5) is 0 Å². The maximum atomic E-state index is 8.74. The van der Waals surface area contributed by atoms with E-state index in [1.807, 2.05) is 0 Å². The first-order chi connectivity index (χ1) is 2.00. The summed E-state index contributed by atoms with van der Waals surface area (Å²) in [5.74, 6) is 0. The van der Waals surface area contributed by atoms with Crippen molar-refractivity contribution in [2.24, 2.45) is 0 Å². The SMILES string of the molecule is N.O=S(=O)(O)O.[InH3]. The van der Waals surface area contributed by atoms with Gasteiger partial charge in [-0.15, -0.1) is 0 Å². The van der Waals surface area contributed by atoms with Gasteiger partial charge in [0.1, 0.15) is 0 Å². The zero-order chi connectivity index (χ0) is 4.50. The number of hydrogen-bond acceptors (Lipinski definition) is 3. The van der Waals surface area contributed by atoms with Gasteiger partial charge >= 0.3 is 36.2 Å². The second kappa shape index (κ2) is 4.85. The minimum absolute atomic E-state index is 0. The summed E-state index contributed by atoms with van der Waals surface area (Å²) in [4.78, 5) is 0. The average molecular weight is 233 g/mol. The van der Waals surface area contributed by atoms with Crippen molar-refractivity contribution < 1.29 is 17.5 Å².